The van der Waals surface area contributed by atoms with Crippen LogP contribution in [0.25, 0.3) is 11.0 Å². The quantitative estimate of drug-likeness (QED) is 0.422. The summed E-state index contributed by atoms with van der Waals surface area (Å²) in [6, 6.07) is 15.1. The number of benzene rings is 2. The van der Waals surface area contributed by atoms with Crippen LogP contribution in [-0.2, 0) is 19.6 Å². The Kier molecular flexibility index (Phi) is 5.92. The number of aliphatic hydroxyl groups excluding tert-OH is 1. The van der Waals surface area contributed by atoms with Crippen LogP contribution < -0.4 is 15.0 Å². The number of carboxylic acids is 1. The van der Waals surface area contributed by atoms with Gasteiger partial charge in [-0.2, -0.15) is 0 Å². The summed E-state index contributed by atoms with van der Waals surface area (Å²) in [6.45, 7) is -0.381. The van der Waals surface area contributed by atoms with Crippen molar-refractivity contribution in [2.45, 2.75) is 25.7 Å². The summed E-state index contributed by atoms with van der Waals surface area (Å²) < 4.78 is 26.5. The van der Waals surface area contributed by atoms with Gasteiger partial charge < -0.3 is 19.7 Å². The van der Waals surface area contributed by atoms with Crippen molar-refractivity contribution in [3.05, 3.63) is 99.2 Å². The van der Waals surface area contributed by atoms with Crippen molar-refractivity contribution in [1.82, 2.24) is 9.55 Å². The molecule has 4 aromatic rings. The lowest BCUT2D eigenvalue weighted by Crippen LogP contribution is -2.39. The highest BCUT2D eigenvalue weighted by Crippen LogP contribution is 2.38. The number of aromatic carboxylic acids is 1. The van der Waals surface area contributed by atoms with E-state index in [0.717, 1.165) is 11.1 Å². The SMILES string of the molecule is O=C(O)c1c(OCc2ccccc2)c2ncc(Cc3ccc(F)cc3)c3c2n(c1=O)CC(CO)O3. The molecule has 2 N–H and O–H groups in total. The second kappa shape index (κ2) is 9.19. The molecule has 8 nitrogen and oxygen atoms in total. The van der Waals surface area contributed by atoms with Crippen LogP contribution in [0.5, 0.6) is 11.5 Å². The maximum absolute atomic E-state index is 13.4. The molecular weight excluding hydrogens is 455 g/mol. The summed E-state index contributed by atoms with van der Waals surface area (Å²) in [4.78, 5) is 29.9. The molecule has 1 unspecified atom stereocenters. The maximum atomic E-state index is 13.4. The first kappa shape index (κ1) is 22.5. The van der Waals surface area contributed by atoms with E-state index in [9.17, 15) is 24.2 Å². The molecule has 1 atom stereocenters. The fraction of sp³-hybridized carbons (Fsp3) is 0.192. The van der Waals surface area contributed by atoms with Crippen LogP contribution in [0.2, 0.25) is 0 Å². The van der Waals surface area contributed by atoms with Crippen molar-refractivity contribution in [2.75, 3.05) is 6.61 Å². The summed E-state index contributed by atoms with van der Waals surface area (Å²) in [6.07, 6.45) is 1.10. The van der Waals surface area contributed by atoms with Gasteiger partial charge in [-0.15, -0.1) is 0 Å². The van der Waals surface area contributed by atoms with Gasteiger partial charge in [-0.1, -0.05) is 42.5 Å². The molecule has 5 rings (SSSR count). The lowest BCUT2D eigenvalue weighted by molar-refractivity contribution is 0.0685. The Morgan fingerprint density at radius 1 is 1.14 bits per heavy atom. The molecule has 0 saturated carbocycles. The molecule has 0 bridgehead atoms. The number of hydrogen-bond acceptors (Lipinski definition) is 6. The third-order valence-electron chi connectivity index (χ3n) is 5.87. The number of carboxylic acid groups (broad SMARTS) is 1. The Morgan fingerprint density at radius 3 is 2.57 bits per heavy atom. The number of rotatable bonds is 7. The fourth-order valence-electron chi connectivity index (χ4n) is 4.21. The molecule has 35 heavy (non-hydrogen) atoms. The summed E-state index contributed by atoms with van der Waals surface area (Å²) >= 11 is 0. The van der Waals surface area contributed by atoms with E-state index in [-0.39, 0.29) is 36.8 Å². The van der Waals surface area contributed by atoms with Gasteiger partial charge in [-0.25, -0.2) is 9.18 Å². The van der Waals surface area contributed by atoms with Gasteiger partial charge in [0, 0.05) is 18.2 Å². The zero-order valence-corrected chi connectivity index (χ0v) is 18.5. The van der Waals surface area contributed by atoms with Crippen molar-refractivity contribution < 1.29 is 28.9 Å². The van der Waals surface area contributed by atoms with Crippen LogP contribution in [0.3, 0.4) is 0 Å². The Hall–Kier alpha value is -4.24. The lowest BCUT2D eigenvalue weighted by Gasteiger charge is -2.29. The van der Waals surface area contributed by atoms with Crippen LogP contribution in [0.15, 0.2) is 65.6 Å². The van der Waals surface area contributed by atoms with Crippen LogP contribution >= 0.6 is 0 Å². The number of pyridine rings is 2. The molecule has 178 valence electrons. The molecule has 3 heterocycles. The highest BCUT2D eigenvalue weighted by Gasteiger charge is 2.32. The van der Waals surface area contributed by atoms with E-state index in [4.69, 9.17) is 9.47 Å². The van der Waals surface area contributed by atoms with Gasteiger partial charge in [0.2, 0.25) is 0 Å². The monoisotopic (exact) mass is 476 g/mol. The first-order chi connectivity index (χ1) is 17.0. The standard InChI is InChI=1S/C26H21FN2O6/c27-18-8-6-15(7-9-18)10-17-11-28-21-22-23(17)35-19(13-30)12-29(22)25(31)20(26(32)33)24(21)34-14-16-4-2-1-3-5-16/h1-9,11,19,30H,10,12-14H2,(H,32,33). The Balaban J connectivity index is 1.69. The minimum atomic E-state index is -1.44. The molecule has 0 saturated heterocycles. The van der Waals surface area contributed by atoms with Crippen molar-refractivity contribution in [3.63, 3.8) is 0 Å². The molecule has 1 aliphatic heterocycles. The molecule has 0 fully saturated rings. The predicted octanol–water partition coefficient (Wildman–Crippen LogP) is 3.16. The van der Waals surface area contributed by atoms with E-state index in [2.05, 4.69) is 4.98 Å². The van der Waals surface area contributed by atoms with E-state index < -0.39 is 23.2 Å². The molecule has 0 radical (unpaired) electrons. The smallest absolute Gasteiger partial charge is 0.345 e. The molecule has 0 spiro atoms. The fourth-order valence-corrected chi connectivity index (χ4v) is 4.21. The number of aromatic nitrogens is 2. The number of hydrogen-bond donors (Lipinski definition) is 2. The second-order valence-electron chi connectivity index (χ2n) is 8.23. The molecule has 1 aliphatic rings. The number of halogens is 1. The highest BCUT2D eigenvalue weighted by atomic mass is 19.1. The van der Waals surface area contributed by atoms with Crippen LogP contribution in [0.1, 0.15) is 27.0 Å². The molecular formula is C26H21FN2O6. The second-order valence-corrected chi connectivity index (χ2v) is 8.23. The van der Waals surface area contributed by atoms with E-state index in [1.54, 1.807) is 12.1 Å². The zero-order valence-electron chi connectivity index (χ0n) is 18.5. The third kappa shape index (κ3) is 4.22. The first-order valence-corrected chi connectivity index (χ1v) is 11.0. The Bertz CT molecular complexity index is 1470. The normalized spacial score (nSPS) is 14.5. The van der Waals surface area contributed by atoms with Gasteiger partial charge in [0.15, 0.2) is 17.1 Å². The van der Waals surface area contributed by atoms with Crippen molar-refractivity contribution in [2.24, 2.45) is 0 Å². The topological polar surface area (TPSA) is 111 Å². The van der Waals surface area contributed by atoms with Crippen molar-refractivity contribution in [1.29, 1.82) is 0 Å². The van der Waals surface area contributed by atoms with E-state index in [1.165, 1.54) is 22.9 Å². The van der Waals surface area contributed by atoms with E-state index >= 15 is 0 Å². The van der Waals surface area contributed by atoms with Crippen LogP contribution in [-0.4, -0.2) is 38.4 Å². The minimum absolute atomic E-state index is 0.0359. The lowest BCUT2D eigenvalue weighted by atomic mass is 10.0. The van der Waals surface area contributed by atoms with Crippen LogP contribution in [0, 0.1) is 5.82 Å². The summed E-state index contributed by atoms with van der Waals surface area (Å²) in [5.41, 5.74) is 1.36. The van der Waals surface area contributed by atoms with Crippen molar-refractivity contribution in [3.8, 4) is 11.5 Å². The minimum Gasteiger partial charge on any atom is -0.485 e. The first-order valence-electron chi connectivity index (χ1n) is 11.0. The van der Waals surface area contributed by atoms with Gasteiger partial charge >= 0.3 is 5.97 Å². The molecule has 2 aromatic carbocycles. The average molecular weight is 476 g/mol. The Labute approximate surface area is 198 Å². The summed E-state index contributed by atoms with van der Waals surface area (Å²) in [5, 5.41) is 19.7. The molecule has 0 amide bonds. The molecule has 0 aliphatic carbocycles. The highest BCUT2D eigenvalue weighted by molar-refractivity contribution is 5.99. The van der Waals surface area contributed by atoms with Gasteiger partial charge in [-0.3, -0.25) is 14.3 Å². The van der Waals surface area contributed by atoms with Gasteiger partial charge in [0.1, 0.15) is 29.6 Å². The number of nitrogens with zero attached hydrogens (tertiary/aromatic N) is 2. The predicted molar refractivity (Wildman–Crippen MR) is 124 cm³/mol. The van der Waals surface area contributed by atoms with Gasteiger partial charge in [-0.05, 0) is 23.3 Å². The Morgan fingerprint density at radius 2 is 1.89 bits per heavy atom. The maximum Gasteiger partial charge on any atom is 0.345 e. The van der Waals surface area contributed by atoms with Gasteiger partial charge in [0.05, 0.1) is 13.2 Å². The largest absolute Gasteiger partial charge is 0.485 e. The van der Waals surface area contributed by atoms with Crippen molar-refractivity contribution >= 4 is 17.0 Å². The number of ether oxygens (including phenoxy) is 2. The van der Waals surface area contributed by atoms with E-state index in [0.29, 0.717) is 23.3 Å². The summed E-state index contributed by atoms with van der Waals surface area (Å²) in [5.74, 6) is -1.63. The molecule has 2 aromatic heterocycles. The molecule has 9 heteroatoms. The third-order valence-corrected chi connectivity index (χ3v) is 5.87. The van der Waals surface area contributed by atoms with Crippen LogP contribution in [0.4, 0.5) is 4.39 Å². The summed E-state index contributed by atoms with van der Waals surface area (Å²) in [7, 11) is 0. The number of carbonyl (C=O) groups is 1. The average Bonchev–Trinajstić information content (AvgIpc) is 2.87. The van der Waals surface area contributed by atoms with Gasteiger partial charge in [0.25, 0.3) is 5.56 Å². The zero-order chi connectivity index (χ0) is 24.5. The van der Waals surface area contributed by atoms with E-state index in [1.807, 2.05) is 30.3 Å². The number of aliphatic hydroxyl groups is 1.